The molecule has 114 valence electrons. The van der Waals surface area contributed by atoms with Crippen molar-refractivity contribution in [2.45, 2.75) is 18.2 Å². The standard InChI is InChI=1S/C12H6ClF6NO/c13-5-9-4-10(21-20-9)6-1-7(11(14,15)16)3-8(2-6)12(17,18)19/h1-4H,5H2. The molecule has 1 aromatic carbocycles. The molecule has 0 aliphatic rings. The number of hydrogen-bond donors (Lipinski definition) is 0. The van der Waals surface area contributed by atoms with E-state index in [2.05, 4.69) is 5.16 Å². The lowest BCUT2D eigenvalue weighted by Crippen LogP contribution is -2.11. The average molecular weight is 330 g/mol. The highest BCUT2D eigenvalue weighted by Crippen LogP contribution is 2.38. The Balaban J connectivity index is 2.60. The summed E-state index contributed by atoms with van der Waals surface area (Å²) < 4.78 is 80.8. The number of aromatic nitrogens is 1. The van der Waals surface area contributed by atoms with Gasteiger partial charge in [-0.15, -0.1) is 11.6 Å². The van der Waals surface area contributed by atoms with E-state index < -0.39 is 23.5 Å². The highest BCUT2D eigenvalue weighted by Gasteiger charge is 2.37. The molecule has 2 nitrogen and oxygen atoms in total. The van der Waals surface area contributed by atoms with Gasteiger partial charge in [-0.1, -0.05) is 5.16 Å². The van der Waals surface area contributed by atoms with Crippen molar-refractivity contribution in [1.29, 1.82) is 0 Å². The number of alkyl halides is 7. The molecule has 0 bridgehead atoms. The van der Waals surface area contributed by atoms with Crippen molar-refractivity contribution in [3.8, 4) is 11.3 Å². The Morgan fingerprint density at radius 2 is 1.43 bits per heavy atom. The molecule has 0 amide bonds. The molecule has 1 aromatic heterocycles. The van der Waals surface area contributed by atoms with Crippen molar-refractivity contribution in [2.75, 3.05) is 0 Å². The van der Waals surface area contributed by atoms with Crippen molar-refractivity contribution < 1.29 is 30.9 Å². The van der Waals surface area contributed by atoms with Crippen LogP contribution in [0, 0.1) is 0 Å². The van der Waals surface area contributed by atoms with Crippen LogP contribution in [-0.2, 0) is 18.2 Å². The molecule has 0 N–H and O–H groups in total. The molecule has 2 aromatic rings. The zero-order valence-corrected chi connectivity index (χ0v) is 10.8. The van der Waals surface area contributed by atoms with Gasteiger partial charge in [0.1, 0.15) is 0 Å². The summed E-state index contributed by atoms with van der Waals surface area (Å²) >= 11 is 5.45. The fraction of sp³-hybridized carbons (Fsp3) is 0.250. The molecule has 2 rings (SSSR count). The molecule has 0 atom stereocenters. The van der Waals surface area contributed by atoms with Crippen LogP contribution in [0.2, 0.25) is 0 Å². The van der Waals surface area contributed by atoms with E-state index in [1.165, 1.54) is 6.07 Å². The normalized spacial score (nSPS) is 12.7. The third-order valence-electron chi connectivity index (χ3n) is 2.57. The second kappa shape index (κ2) is 5.25. The monoisotopic (exact) mass is 329 g/mol. The van der Waals surface area contributed by atoms with Gasteiger partial charge in [0.05, 0.1) is 22.7 Å². The summed E-state index contributed by atoms with van der Waals surface area (Å²) in [5.41, 5.74) is -3.01. The first-order valence-corrected chi connectivity index (χ1v) is 5.96. The molecule has 0 unspecified atom stereocenters. The van der Waals surface area contributed by atoms with Crippen molar-refractivity contribution in [3.05, 3.63) is 41.1 Å². The lowest BCUT2D eigenvalue weighted by Gasteiger charge is -2.13. The maximum Gasteiger partial charge on any atom is 0.416 e. The summed E-state index contributed by atoms with van der Waals surface area (Å²) in [5, 5.41) is 3.43. The maximum absolute atomic E-state index is 12.7. The predicted octanol–water partition coefficient (Wildman–Crippen LogP) is 5.12. The van der Waals surface area contributed by atoms with Gasteiger partial charge in [0, 0.05) is 11.6 Å². The van der Waals surface area contributed by atoms with E-state index in [4.69, 9.17) is 16.1 Å². The van der Waals surface area contributed by atoms with Crippen LogP contribution >= 0.6 is 11.6 Å². The van der Waals surface area contributed by atoms with Crippen LogP contribution in [0.3, 0.4) is 0 Å². The van der Waals surface area contributed by atoms with E-state index in [0.717, 1.165) is 0 Å². The largest absolute Gasteiger partial charge is 0.416 e. The van der Waals surface area contributed by atoms with Crippen LogP contribution in [0.15, 0.2) is 28.8 Å². The third kappa shape index (κ3) is 3.49. The number of nitrogens with zero attached hydrogens (tertiary/aromatic N) is 1. The first kappa shape index (κ1) is 15.7. The predicted molar refractivity (Wildman–Crippen MR) is 61.5 cm³/mol. The van der Waals surface area contributed by atoms with Crippen LogP contribution in [-0.4, -0.2) is 5.16 Å². The van der Waals surface area contributed by atoms with Gasteiger partial charge < -0.3 is 4.52 Å². The average Bonchev–Trinajstić information content (AvgIpc) is 2.85. The Kier molecular flexibility index (Phi) is 3.92. The van der Waals surface area contributed by atoms with Gasteiger partial charge >= 0.3 is 12.4 Å². The Morgan fingerprint density at radius 3 is 1.81 bits per heavy atom. The topological polar surface area (TPSA) is 26.0 Å². The Morgan fingerprint density at radius 1 is 0.905 bits per heavy atom. The minimum Gasteiger partial charge on any atom is -0.356 e. The van der Waals surface area contributed by atoms with Gasteiger partial charge in [0.2, 0.25) is 0 Å². The molecule has 0 saturated heterocycles. The quantitative estimate of drug-likeness (QED) is 0.564. The molecule has 1 heterocycles. The fourth-order valence-corrected chi connectivity index (χ4v) is 1.73. The summed E-state index contributed by atoms with van der Waals surface area (Å²) in [5.74, 6) is -0.295. The van der Waals surface area contributed by atoms with Crippen molar-refractivity contribution in [1.82, 2.24) is 5.16 Å². The van der Waals surface area contributed by atoms with Gasteiger partial charge in [0.25, 0.3) is 0 Å². The summed E-state index contributed by atoms with van der Waals surface area (Å²) in [6, 6.07) is 2.35. The molecule has 0 aliphatic heterocycles. The first-order valence-electron chi connectivity index (χ1n) is 5.42. The van der Waals surface area contributed by atoms with Crippen LogP contribution in [0.4, 0.5) is 26.3 Å². The first-order chi connectivity index (χ1) is 9.61. The van der Waals surface area contributed by atoms with E-state index in [0.29, 0.717) is 12.1 Å². The molecular weight excluding hydrogens is 324 g/mol. The molecule has 9 heteroatoms. The molecule has 0 saturated carbocycles. The summed E-state index contributed by atoms with van der Waals surface area (Å²) in [7, 11) is 0. The number of halogens is 7. The summed E-state index contributed by atoms with van der Waals surface area (Å²) in [4.78, 5) is 0. The number of benzene rings is 1. The minimum atomic E-state index is -4.91. The molecule has 0 spiro atoms. The zero-order valence-electron chi connectivity index (χ0n) is 10.0. The molecule has 0 aliphatic carbocycles. The molecule has 0 radical (unpaired) electrons. The maximum atomic E-state index is 12.7. The van der Waals surface area contributed by atoms with Gasteiger partial charge in [-0.05, 0) is 18.2 Å². The van der Waals surface area contributed by atoms with Crippen LogP contribution < -0.4 is 0 Å². The SMILES string of the molecule is FC(F)(F)c1cc(-c2cc(CCl)no2)cc(C(F)(F)F)c1. The van der Waals surface area contributed by atoms with E-state index in [1.807, 2.05) is 0 Å². The Labute approximate surface area is 119 Å². The molecule has 0 fully saturated rings. The van der Waals surface area contributed by atoms with Crippen LogP contribution in [0.5, 0.6) is 0 Å². The Hall–Kier alpha value is -1.70. The minimum absolute atomic E-state index is 0.0440. The number of rotatable bonds is 2. The fourth-order valence-electron chi connectivity index (χ4n) is 1.61. The second-order valence-electron chi connectivity index (χ2n) is 4.11. The summed E-state index contributed by atoms with van der Waals surface area (Å²) in [6.45, 7) is 0. The lowest BCUT2D eigenvalue weighted by atomic mass is 10.0. The van der Waals surface area contributed by atoms with Gasteiger partial charge in [-0.25, -0.2) is 0 Å². The highest BCUT2D eigenvalue weighted by molar-refractivity contribution is 6.16. The van der Waals surface area contributed by atoms with E-state index in [9.17, 15) is 26.3 Å². The second-order valence-corrected chi connectivity index (χ2v) is 4.38. The number of hydrogen-bond acceptors (Lipinski definition) is 2. The highest BCUT2D eigenvalue weighted by atomic mass is 35.5. The third-order valence-corrected chi connectivity index (χ3v) is 2.84. The van der Waals surface area contributed by atoms with E-state index in [1.54, 1.807) is 0 Å². The van der Waals surface area contributed by atoms with Gasteiger partial charge in [0.15, 0.2) is 5.76 Å². The van der Waals surface area contributed by atoms with Crippen molar-refractivity contribution in [2.24, 2.45) is 0 Å². The smallest absolute Gasteiger partial charge is 0.356 e. The van der Waals surface area contributed by atoms with Crippen molar-refractivity contribution >= 4 is 11.6 Å². The van der Waals surface area contributed by atoms with Gasteiger partial charge in [-0.2, -0.15) is 26.3 Å². The lowest BCUT2D eigenvalue weighted by molar-refractivity contribution is -0.143. The van der Waals surface area contributed by atoms with Crippen LogP contribution in [0.25, 0.3) is 11.3 Å². The van der Waals surface area contributed by atoms with Gasteiger partial charge in [-0.3, -0.25) is 0 Å². The zero-order chi connectivity index (χ0) is 15.8. The Bertz CT molecular complexity index is 614. The van der Waals surface area contributed by atoms with E-state index in [-0.39, 0.29) is 29.0 Å². The van der Waals surface area contributed by atoms with Crippen LogP contribution in [0.1, 0.15) is 16.8 Å². The van der Waals surface area contributed by atoms with E-state index >= 15 is 0 Å². The van der Waals surface area contributed by atoms with Crippen molar-refractivity contribution in [3.63, 3.8) is 0 Å². The summed E-state index contributed by atoms with van der Waals surface area (Å²) in [6.07, 6.45) is -9.82. The molecular formula is C12H6ClF6NO. The molecule has 21 heavy (non-hydrogen) atoms.